The van der Waals surface area contributed by atoms with E-state index < -0.39 is 0 Å². The molecule has 25 heavy (non-hydrogen) atoms. The topological polar surface area (TPSA) is 79.7 Å². The molecule has 1 amide bonds. The summed E-state index contributed by atoms with van der Waals surface area (Å²) in [5.74, 6) is 2.20. The summed E-state index contributed by atoms with van der Waals surface area (Å²) in [4.78, 5) is 14.9. The van der Waals surface area contributed by atoms with Gasteiger partial charge in [-0.2, -0.15) is 5.10 Å². The van der Waals surface area contributed by atoms with E-state index in [1.165, 1.54) is 32.1 Å². The Balaban J connectivity index is 1.42. The summed E-state index contributed by atoms with van der Waals surface area (Å²) in [6.07, 6.45) is 8.11. The smallest absolute Gasteiger partial charge is 0.274 e. The van der Waals surface area contributed by atoms with Crippen LogP contribution in [0.3, 0.4) is 0 Å². The second-order valence-corrected chi connectivity index (χ2v) is 8.18. The van der Waals surface area contributed by atoms with Crippen LogP contribution in [0.2, 0.25) is 0 Å². The van der Waals surface area contributed by atoms with Crippen molar-refractivity contribution >= 4 is 5.91 Å². The van der Waals surface area contributed by atoms with Crippen LogP contribution in [-0.2, 0) is 6.54 Å². The SMILES string of the molecule is Cc1cc(C(=O)N2CC(c3nncn3CC3CC3)C3(CCC3)C2)n[nH]1. The third-order valence-corrected chi connectivity index (χ3v) is 6.32. The van der Waals surface area contributed by atoms with Gasteiger partial charge in [0, 0.05) is 31.2 Å². The second kappa shape index (κ2) is 5.41. The third-order valence-electron chi connectivity index (χ3n) is 6.32. The van der Waals surface area contributed by atoms with E-state index in [0.29, 0.717) is 11.6 Å². The van der Waals surface area contributed by atoms with Gasteiger partial charge in [-0.15, -0.1) is 10.2 Å². The Bertz CT molecular complexity index is 800. The molecule has 1 spiro atoms. The van der Waals surface area contributed by atoms with Crippen LogP contribution >= 0.6 is 0 Å². The third kappa shape index (κ3) is 2.48. The van der Waals surface area contributed by atoms with Gasteiger partial charge in [0.25, 0.3) is 5.91 Å². The number of rotatable bonds is 4. The van der Waals surface area contributed by atoms with E-state index in [2.05, 4.69) is 25.0 Å². The Morgan fingerprint density at radius 2 is 2.24 bits per heavy atom. The maximum atomic E-state index is 12.9. The molecule has 1 aliphatic heterocycles. The van der Waals surface area contributed by atoms with Gasteiger partial charge in [-0.25, -0.2) is 0 Å². The van der Waals surface area contributed by atoms with Gasteiger partial charge in [0.1, 0.15) is 17.8 Å². The highest BCUT2D eigenvalue weighted by Crippen LogP contribution is 2.55. The number of aryl methyl sites for hydroxylation is 1. The molecule has 7 heteroatoms. The van der Waals surface area contributed by atoms with Gasteiger partial charge >= 0.3 is 0 Å². The molecule has 3 heterocycles. The highest BCUT2D eigenvalue weighted by molar-refractivity contribution is 5.92. The fourth-order valence-electron chi connectivity index (χ4n) is 4.56. The first-order valence-electron chi connectivity index (χ1n) is 9.34. The van der Waals surface area contributed by atoms with Crippen LogP contribution in [0.25, 0.3) is 0 Å². The molecule has 0 aromatic carbocycles. The molecule has 0 radical (unpaired) electrons. The van der Waals surface area contributed by atoms with Crippen LogP contribution in [0.15, 0.2) is 12.4 Å². The highest BCUT2D eigenvalue weighted by atomic mass is 16.2. The van der Waals surface area contributed by atoms with E-state index >= 15 is 0 Å². The predicted molar refractivity (Wildman–Crippen MR) is 91.0 cm³/mol. The number of amides is 1. The quantitative estimate of drug-likeness (QED) is 0.925. The van der Waals surface area contributed by atoms with Crippen molar-refractivity contribution in [2.24, 2.45) is 11.3 Å². The zero-order chi connectivity index (χ0) is 17.0. The van der Waals surface area contributed by atoms with Crippen LogP contribution in [0.4, 0.5) is 0 Å². The molecule has 1 unspecified atom stereocenters. The molecule has 1 N–H and O–H groups in total. The molecule has 1 atom stereocenters. The number of carbonyl (C=O) groups excluding carboxylic acids is 1. The molecule has 2 aromatic heterocycles. The fourth-order valence-corrected chi connectivity index (χ4v) is 4.56. The van der Waals surface area contributed by atoms with Gasteiger partial charge in [0.15, 0.2) is 0 Å². The fraction of sp³-hybridized carbons (Fsp3) is 0.667. The molecule has 7 nitrogen and oxygen atoms in total. The number of nitrogens with zero attached hydrogens (tertiary/aromatic N) is 5. The van der Waals surface area contributed by atoms with Crippen LogP contribution in [-0.4, -0.2) is 48.9 Å². The lowest BCUT2D eigenvalue weighted by Crippen LogP contribution is -2.38. The summed E-state index contributed by atoms with van der Waals surface area (Å²) >= 11 is 0. The molecule has 2 aliphatic carbocycles. The van der Waals surface area contributed by atoms with Crippen molar-refractivity contribution in [1.82, 2.24) is 29.9 Å². The molecule has 0 bridgehead atoms. The maximum absolute atomic E-state index is 12.9. The highest BCUT2D eigenvalue weighted by Gasteiger charge is 2.54. The van der Waals surface area contributed by atoms with Crippen LogP contribution in [0, 0.1) is 18.3 Å². The Kier molecular flexibility index (Phi) is 3.27. The average Bonchev–Trinajstić information content (AvgIpc) is 2.98. The molecular weight excluding hydrogens is 316 g/mol. The molecular formula is C18H24N6O. The lowest BCUT2D eigenvalue weighted by atomic mass is 9.62. The molecule has 3 fully saturated rings. The van der Waals surface area contributed by atoms with Crippen molar-refractivity contribution in [2.75, 3.05) is 13.1 Å². The molecule has 3 aliphatic rings. The minimum Gasteiger partial charge on any atom is -0.336 e. The van der Waals surface area contributed by atoms with Crippen molar-refractivity contribution in [3.05, 3.63) is 29.6 Å². The van der Waals surface area contributed by atoms with Gasteiger partial charge in [-0.3, -0.25) is 9.89 Å². The summed E-state index contributed by atoms with van der Waals surface area (Å²) in [7, 11) is 0. The van der Waals surface area contributed by atoms with Crippen LogP contribution in [0.5, 0.6) is 0 Å². The number of nitrogens with one attached hydrogen (secondary N) is 1. The lowest BCUT2D eigenvalue weighted by molar-refractivity contribution is 0.0717. The Morgan fingerprint density at radius 3 is 2.88 bits per heavy atom. The minimum absolute atomic E-state index is 0.0337. The summed E-state index contributed by atoms with van der Waals surface area (Å²) < 4.78 is 2.25. The monoisotopic (exact) mass is 340 g/mol. The maximum Gasteiger partial charge on any atom is 0.274 e. The first kappa shape index (κ1) is 15.1. The van der Waals surface area contributed by atoms with E-state index in [4.69, 9.17) is 0 Å². The predicted octanol–water partition coefficient (Wildman–Crippen LogP) is 2.13. The van der Waals surface area contributed by atoms with Gasteiger partial charge in [0.05, 0.1) is 0 Å². The first-order chi connectivity index (χ1) is 12.1. The standard InChI is InChI=1S/C18H24N6O/c1-12-7-15(21-20-12)17(25)23-9-14(18(10-23)5-2-6-18)16-22-19-11-24(16)8-13-3-4-13/h7,11,13-14H,2-6,8-10H2,1H3,(H,20,21). The van der Waals surface area contributed by atoms with Gasteiger partial charge in [0.2, 0.25) is 0 Å². The molecule has 2 aromatic rings. The van der Waals surface area contributed by atoms with Crippen LogP contribution < -0.4 is 0 Å². The Morgan fingerprint density at radius 1 is 1.40 bits per heavy atom. The van der Waals surface area contributed by atoms with E-state index in [0.717, 1.165) is 37.1 Å². The number of carbonyl (C=O) groups is 1. The molecule has 1 saturated heterocycles. The Hall–Kier alpha value is -2.18. The van der Waals surface area contributed by atoms with E-state index in [1.807, 2.05) is 24.2 Å². The number of aromatic nitrogens is 5. The zero-order valence-electron chi connectivity index (χ0n) is 14.6. The number of aromatic amines is 1. The zero-order valence-corrected chi connectivity index (χ0v) is 14.6. The van der Waals surface area contributed by atoms with Gasteiger partial charge in [-0.1, -0.05) is 6.42 Å². The summed E-state index contributed by atoms with van der Waals surface area (Å²) in [5.41, 5.74) is 1.63. The lowest BCUT2D eigenvalue weighted by Gasteiger charge is -2.42. The number of hydrogen-bond acceptors (Lipinski definition) is 4. The van der Waals surface area contributed by atoms with Crippen molar-refractivity contribution < 1.29 is 4.79 Å². The van der Waals surface area contributed by atoms with Gasteiger partial charge < -0.3 is 9.47 Å². The number of likely N-dealkylation sites (tertiary alicyclic amines) is 1. The largest absolute Gasteiger partial charge is 0.336 e. The second-order valence-electron chi connectivity index (χ2n) is 8.18. The van der Waals surface area contributed by atoms with Crippen molar-refractivity contribution in [3.8, 4) is 0 Å². The van der Waals surface area contributed by atoms with Crippen molar-refractivity contribution in [2.45, 2.75) is 51.5 Å². The normalized spacial score (nSPS) is 24.7. The molecule has 5 rings (SSSR count). The van der Waals surface area contributed by atoms with E-state index in [1.54, 1.807) is 0 Å². The average molecular weight is 340 g/mol. The number of hydrogen-bond donors (Lipinski definition) is 1. The van der Waals surface area contributed by atoms with Crippen molar-refractivity contribution in [1.29, 1.82) is 0 Å². The summed E-state index contributed by atoms with van der Waals surface area (Å²) in [6.45, 7) is 4.50. The summed E-state index contributed by atoms with van der Waals surface area (Å²) in [5, 5.41) is 15.7. The minimum atomic E-state index is 0.0337. The van der Waals surface area contributed by atoms with E-state index in [-0.39, 0.29) is 11.3 Å². The number of H-pyrrole nitrogens is 1. The molecule has 132 valence electrons. The van der Waals surface area contributed by atoms with Crippen LogP contribution in [0.1, 0.15) is 60.0 Å². The van der Waals surface area contributed by atoms with Crippen molar-refractivity contribution in [3.63, 3.8) is 0 Å². The van der Waals surface area contributed by atoms with E-state index in [9.17, 15) is 4.79 Å². The van der Waals surface area contributed by atoms with Gasteiger partial charge in [-0.05, 0) is 50.0 Å². The summed E-state index contributed by atoms with van der Waals surface area (Å²) in [6, 6.07) is 1.83. The molecule has 2 saturated carbocycles. The Labute approximate surface area is 146 Å². The first-order valence-corrected chi connectivity index (χ1v) is 9.34.